The van der Waals surface area contributed by atoms with Crippen molar-refractivity contribution in [2.24, 2.45) is 18.9 Å². The highest BCUT2D eigenvalue weighted by Gasteiger charge is 2.26. The lowest BCUT2D eigenvalue weighted by molar-refractivity contribution is -0.388. The summed E-state index contributed by atoms with van der Waals surface area (Å²) in [6.07, 6.45) is 5.86. The first-order valence-corrected chi connectivity index (χ1v) is 6.64. The number of imidazole rings is 1. The first-order chi connectivity index (χ1) is 9.13. The Kier molecular flexibility index (Phi) is 4.36. The van der Waals surface area contributed by atoms with Gasteiger partial charge in [0, 0.05) is 20.2 Å². The van der Waals surface area contributed by atoms with E-state index in [1.807, 2.05) is 0 Å². The van der Waals surface area contributed by atoms with Crippen LogP contribution in [0.2, 0.25) is 0 Å². The van der Waals surface area contributed by atoms with E-state index in [2.05, 4.69) is 10.3 Å². The fourth-order valence-corrected chi connectivity index (χ4v) is 2.78. The monoisotopic (exact) mass is 268 g/mol. The van der Waals surface area contributed by atoms with Gasteiger partial charge in [-0.3, -0.25) is 4.57 Å². The van der Waals surface area contributed by atoms with E-state index >= 15 is 0 Å². The third-order valence-electron chi connectivity index (χ3n) is 3.92. The van der Waals surface area contributed by atoms with Crippen molar-refractivity contribution in [3.63, 3.8) is 0 Å². The first-order valence-electron chi connectivity index (χ1n) is 6.64. The molecule has 1 heterocycles. The highest BCUT2D eigenvalue weighted by atomic mass is 16.6. The van der Waals surface area contributed by atoms with E-state index in [9.17, 15) is 15.2 Å². The maximum Gasteiger partial charge on any atom is 0.406 e. The van der Waals surface area contributed by atoms with Gasteiger partial charge in [-0.25, -0.2) is 0 Å². The van der Waals surface area contributed by atoms with Gasteiger partial charge in [0.05, 0.1) is 0 Å². The van der Waals surface area contributed by atoms with Gasteiger partial charge in [0.25, 0.3) is 0 Å². The van der Waals surface area contributed by atoms with Crippen LogP contribution >= 0.6 is 0 Å². The summed E-state index contributed by atoms with van der Waals surface area (Å²) in [6, 6.07) is 0. The molecular weight excluding hydrogens is 248 g/mol. The molecule has 0 aromatic carbocycles. The largest absolute Gasteiger partial charge is 0.406 e. The number of anilines is 1. The molecule has 2 rings (SSSR count). The molecule has 1 aromatic heterocycles. The van der Waals surface area contributed by atoms with Crippen LogP contribution in [-0.4, -0.2) is 32.7 Å². The molecular formula is C12H20N4O3. The smallest absolute Gasteiger partial charge is 0.396 e. The lowest BCUT2D eigenvalue weighted by Gasteiger charge is -2.30. The second kappa shape index (κ2) is 6.01. The number of rotatable bonds is 5. The van der Waals surface area contributed by atoms with Crippen molar-refractivity contribution in [1.82, 2.24) is 9.55 Å². The Hall–Kier alpha value is -1.63. The van der Waals surface area contributed by atoms with Gasteiger partial charge in [0.2, 0.25) is 12.1 Å². The summed E-state index contributed by atoms with van der Waals surface area (Å²) < 4.78 is 1.62. The van der Waals surface area contributed by atoms with Crippen LogP contribution < -0.4 is 5.32 Å². The molecule has 0 radical (unpaired) electrons. The number of nitrogens with one attached hydrogen (secondary N) is 1. The van der Waals surface area contributed by atoms with Crippen molar-refractivity contribution < 1.29 is 10.0 Å². The molecule has 0 bridgehead atoms. The van der Waals surface area contributed by atoms with Gasteiger partial charge in [-0.15, -0.1) is 0 Å². The van der Waals surface area contributed by atoms with E-state index < -0.39 is 4.92 Å². The molecule has 0 aliphatic heterocycles. The molecule has 1 aromatic rings. The topological polar surface area (TPSA) is 93.2 Å². The highest BCUT2D eigenvalue weighted by molar-refractivity contribution is 5.51. The van der Waals surface area contributed by atoms with E-state index in [1.54, 1.807) is 11.6 Å². The fraction of sp³-hybridized carbons (Fsp3) is 0.750. The van der Waals surface area contributed by atoms with E-state index in [0.29, 0.717) is 24.2 Å². The number of aliphatic hydroxyl groups excluding tert-OH is 1. The van der Waals surface area contributed by atoms with Crippen molar-refractivity contribution in [2.75, 3.05) is 18.5 Å². The van der Waals surface area contributed by atoms with Crippen LogP contribution in [0.1, 0.15) is 25.7 Å². The summed E-state index contributed by atoms with van der Waals surface area (Å²) in [5, 5.41) is 23.3. The van der Waals surface area contributed by atoms with Gasteiger partial charge in [-0.2, -0.15) is 0 Å². The lowest BCUT2D eigenvalue weighted by Crippen LogP contribution is -2.29. The van der Waals surface area contributed by atoms with Crippen molar-refractivity contribution in [1.29, 1.82) is 0 Å². The molecule has 19 heavy (non-hydrogen) atoms. The summed E-state index contributed by atoms with van der Waals surface area (Å²) in [4.78, 5) is 14.1. The van der Waals surface area contributed by atoms with Crippen molar-refractivity contribution in [3.8, 4) is 0 Å². The van der Waals surface area contributed by atoms with Crippen LogP contribution in [0.3, 0.4) is 0 Å². The third kappa shape index (κ3) is 3.04. The molecule has 1 aliphatic carbocycles. The number of aromatic nitrogens is 2. The molecule has 1 saturated carbocycles. The zero-order valence-electron chi connectivity index (χ0n) is 11.1. The van der Waals surface area contributed by atoms with E-state index in [-0.39, 0.29) is 12.4 Å². The second-order valence-corrected chi connectivity index (χ2v) is 5.15. The standard InChI is InChI=1S/C12H20N4O3/c1-15-8-14-12(16(18)19)11(15)13-6-9-4-2-3-5-10(9)7-17/h8-10,13,17H,2-7H2,1H3. The number of nitrogens with zero attached hydrogens (tertiary/aromatic N) is 3. The van der Waals surface area contributed by atoms with Gasteiger partial charge in [0.1, 0.15) is 0 Å². The number of hydrogen-bond acceptors (Lipinski definition) is 5. The summed E-state index contributed by atoms with van der Waals surface area (Å²) in [7, 11) is 1.73. The SMILES string of the molecule is Cn1cnc([N+](=O)[O-])c1NCC1CCCCC1CO. The Bertz CT molecular complexity index is 446. The quantitative estimate of drug-likeness (QED) is 0.624. The fourth-order valence-electron chi connectivity index (χ4n) is 2.78. The zero-order chi connectivity index (χ0) is 13.8. The second-order valence-electron chi connectivity index (χ2n) is 5.15. The van der Waals surface area contributed by atoms with Crippen LogP contribution in [-0.2, 0) is 7.05 Å². The molecule has 0 amide bonds. The summed E-state index contributed by atoms with van der Waals surface area (Å²) >= 11 is 0. The van der Waals surface area contributed by atoms with Gasteiger partial charge >= 0.3 is 5.82 Å². The normalized spacial score (nSPS) is 23.3. The minimum Gasteiger partial charge on any atom is -0.396 e. The average molecular weight is 268 g/mol. The number of aryl methyl sites for hydroxylation is 1. The molecule has 7 heteroatoms. The van der Waals surface area contributed by atoms with Gasteiger partial charge in [0.15, 0.2) is 0 Å². The average Bonchev–Trinajstić information content (AvgIpc) is 2.78. The van der Waals surface area contributed by atoms with Crippen LogP contribution in [0.25, 0.3) is 0 Å². The van der Waals surface area contributed by atoms with Crippen molar-refractivity contribution >= 4 is 11.6 Å². The molecule has 7 nitrogen and oxygen atoms in total. The van der Waals surface area contributed by atoms with E-state index in [0.717, 1.165) is 25.7 Å². The first kappa shape index (κ1) is 13.8. The maximum absolute atomic E-state index is 10.9. The van der Waals surface area contributed by atoms with Crippen LogP contribution in [0.15, 0.2) is 6.33 Å². The molecule has 2 atom stereocenters. The van der Waals surface area contributed by atoms with E-state index in [4.69, 9.17) is 0 Å². The Labute approximate surface area is 111 Å². The zero-order valence-corrected chi connectivity index (χ0v) is 11.1. The van der Waals surface area contributed by atoms with Crippen molar-refractivity contribution in [2.45, 2.75) is 25.7 Å². The number of aliphatic hydroxyl groups is 1. The van der Waals surface area contributed by atoms with Gasteiger partial charge in [-0.05, 0) is 34.6 Å². The molecule has 1 fully saturated rings. The van der Waals surface area contributed by atoms with Gasteiger partial charge in [-0.1, -0.05) is 12.8 Å². The van der Waals surface area contributed by atoms with Crippen LogP contribution in [0, 0.1) is 22.0 Å². The van der Waals surface area contributed by atoms with E-state index in [1.165, 1.54) is 6.33 Å². The number of hydrogen-bond donors (Lipinski definition) is 2. The summed E-state index contributed by atoms with van der Waals surface area (Å²) in [6.45, 7) is 0.839. The van der Waals surface area contributed by atoms with Gasteiger partial charge < -0.3 is 20.5 Å². The molecule has 2 N–H and O–H groups in total. The Morgan fingerprint density at radius 1 is 1.53 bits per heavy atom. The highest BCUT2D eigenvalue weighted by Crippen LogP contribution is 2.30. The predicted molar refractivity (Wildman–Crippen MR) is 70.9 cm³/mol. The Balaban J connectivity index is 2.01. The van der Waals surface area contributed by atoms with Crippen molar-refractivity contribution in [3.05, 3.63) is 16.4 Å². The summed E-state index contributed by atoms with van der Waals surface area (Å²) in [5.74, 6) is 0.966. The lowest BCUT2D eigenvalue weighted by atomic mass is 9.79. The molecule has 1 aliphatic rings. The van der Waals surface area contributed by atoms with Crippen LogP contribution in [0.5, 0.6) is 0 Å². The molecule has 0 spiro atoms. The maximum atomic E-state index is 10.9. The molecule has 0 saturated heterocycles. The minimum atomic E-state index is -0.479. The Morgan fingerprint density at radius 3 is 2.84 bits per heavy atom. The Morgan fingerprint density at radius 2 is 2.21 bits per heavy atom. The number of nitro groups is 1. The molecule has 106 valence electrons. The third-order valence-corrected chi connectivity index (χ3v) is 3.92. The predicted octanol–water partition coefficient (Wildman–Crippen LogP) is 1.54. The minimum absolute atomic E-state index is 0.140. The molecule has 2 unspecified atom stereocenters. The summed E-state index contributed by atoms with van der Waals surface area (Å²) in [5.41, 5.74) is 0. The van der Waals surface area contributed by atoms with Crippen LogP contribution in [0.4, 0.5) is 11.6 Å².